The number of nitrogen functional groups attached to an aromatic ring is 1. The van der Waals surface area contributed by atoms with Gasteiger partial charge in [0.05, 0.1) is 16.7 Å². The third kappa shape index (κ3) is 3.76. The van der Waals surface area contributed by atoms with Crippen molar-refractivity contribution >= 4 is 50.5 Å². The average molecular weight is 404 g/mol. The number of nitrogens with one attached hydrogen (secondary N) is 2. The maximum absolute atomic E-state index is 12.4. The van der Waals surface area contributed by atoms with Crippen LogP contribution in [0.5, 0.6) is 0 Å². The molecule has 0 aliphatic carbocycles. The third-order valence-electron chi connectivity index (χ3n) is 5.15. The van der Waals surface area contributed by atoms with Crippen LogP contribution in [0, 0.1) is 0 Å². The number of carbonyl (C=O) groups is 1. The van der Waals surface area contributed by atoms with Crippen molar-refractivity contribution in [2.75, 3.05) is 16.4 Å². The Labute approximate surface area is 179 Å². The van der Waals surface area contributed by atoms with Crippen LogP contribution in [-0.2, 0) is 0 Å². The van der Waals surface area contributed by atoms with Gasteiger partial charge in [0.1, 0.15) is 0 Å². The van der Waals surface area contributed by atoms with Gasteiger partial charge in [0, 0.05) is 33.4 Å². The summed E-state index contributed by atoms with van der Waals surface area (Å²) < 4.78 is 0. The molecule has 0 saturated heterocycles. The first-order valence-corrected chi connectivity index (χ1v) is 9.99. The Morgan fingerprint density at radius 1 is 0.710 bits per heavy atom. The number of amides is 1. The molecular weight excluding hydrogens is 384 g/mol. The number of carbonyl (C=O) groups excluding carboxylic acids is 1. The molecule has 0 aliphatic heterocycles. The Morgan fingerprint density at radius 3 is 2.19 bits per heavy atom. The van der Waals surface area contributed by atoms with Crippen molar-refractivity contribution in [1.82, 2.24) is 4.98 Å². The van der Waals surface area contributed by atoms with Crippen LogP contribution in [0.25, 0.3) is 21.8 Å². The highest BCUT2D eigenvalue weighted by Crippen LogP contribution is 2.34. The Hall–Kier alpha value is -4.38. The van der Waals surface area contributed by atoms with Crippen molar-refractivity contribution < 1.29 is 4.79 Å². The molecule has 4 aromatic carbocycles. The first-order chi connectivity index (χ1) is 15.2. The van der Waals surface area contributed by atoms with Gasteiger partial charge in [-0.15, -0.1) is 0 Å². The van der Waals surface area contributed by atoms with Crippen LogP contribution in [0.3, 0.4) is 0 Å². The number of benzene rings is 4. The molecule has 5 rings (SSSR count). The summed E-state index contributed by atoms with van der Waals surface area (Å²) in [6.45, 7) is 0. The highest BCUT2D eigenvalue weighted by atomic mass is 16.1. The van der Waals surface area contributed by atoms with E-state index in [0.717, 1.165) is 38.9 Å². The van der Waals surface area contributed by atoms with Gasteiger partial charge in [-0.3, -0.25) is 4.79 Å². The molecule has 0 saturated carbocycles. The minimum absolute atomic E-state index is 0.134. The van der Waals surface area contributed by atoms with Gasteiger partial charge in [0.15, 0.2) is 0 Å². The lowest BCUT2D eigenvalue weighted by Gasteiger charge is -2.14. The summed E-state index contributed by atoms with van der Waals surface area (Å²) in [5.41, 5.74) is 11.6. The lowest BCUT2D eigenvalue weighted by atomic mass is 10.1. The largest absolute Gasteiger partial charge is 0.399 e. The molecular formula is C26H20N4O. The van der Waals surface area contributed by atoms with Crippen LogP contribution in [0.15, 0.2) is 97.1 Å². The van der Waals surface area contributed by atoms with Crippen molar-refractivity contribution in [2.24, 2.45) is 0 Å². The smallest absolute Gasteiger partial charge is 0.255 e. The lowest BCUT2D eigenvalue weighted by molar-refractivity contribution is 0.102. The van der Waals surface area contributed by atoms with E-state index in [4.69, 9.17) is 10.7 Å². The molecule has 5 nitrogen and oxygen atoms in total. The van der Waals surface area contributed by atoms with Crippen molar-refractivity contribution in [1.29, 1.82) is 0 Å². The molecule has 0 spiro atoms. The van der Waals surface area contributed by atoms with Gasteiger partial charge >= 0.3 is 0 Å². The van der Waals surface area contributed by atoms with Crippen LogP contribution >= 0.6 is 0 Å². The molecule has 1 amide bonds. The molecule has 31 heavy (non-hydrogen) atoms. The number of para-hydroxylation sites is 1. The van der Waals surface area contributed by atoms with Crippen LogP contribution in [0.1, 0.15) is 10.4 Å². The van der Waals surface area contributed by atoms with Gasteiger partial charge in [0.25, 0.3) is 5.91 Å². The molecule has 5 aromatic rings. The normalized spacial score (nSPS) is 10.8. The molecule has 4 N–H and O–H groups in total. The van der Waals surface area contributed by atoms with Crippen LogP contribution in [0.2, 0.25) is 0 Å². The maximum Gasteiger partial charge on any atom is 0.255 e. The van der Waals surface area contributed by atoms with E-state index >= 15 is 0 Å². The van der Waals surface area contributed by atoms with E-state index in [1.807, 2.05) is 78.9 Å². The molecule has 5 heteroatoms. The molecule has 150 valence electrons. The molecule has 0 unspecified atom stereocenters. The Morgan fingerprint density at radius 2 is 1.39 bits per heavy atom. The predicted molar refractivity (Wildman–Crippen MR) is 128 cm³/mol. The number of hydrogen-bond acceptors (Lipinski definition) is 4. The van der Waals surface area contributed by atoms with Crippen molar-refractivity contribution in [3.8, 4) is 0 Å². The zero-order valence-corrected chi connectivity index (χ0v) is 16.7. The number of aromatic nitrogens is 1. The molecule has 1 heterocycles. The van der Waals surface area contributed by atoms with E-state index < -0.39 is 0 Å². The zero-order valence-electron chi connectivity index (χ0n) is 16.7. The fraction of sp³-hybridized carbons (Fsp3) is 0. The quantitative estimate of drug-likeness (QED) is 0.255. The molecule has 0 aliphatic rings. The topological polar surface area (TPSA) is 80.0 Å². The van der Waals surface area contributed by atoms with E-state index in [0.29, 0.717) is 11.3 Å². The summed E-state index contributed by atoms with van der Waals surface area (Å²) >= 11 is 0. The number of pyridine rings is 1. The van der Waals surface area contributed by atoms with E-state index in [9.17, 15) is 4.79 Å². The number of hydrogen-bond donors (Lipinski definition) is 3. The first kappa shape index (κ1) is 18.6. The summed E-state index contributed by atoms with van der Waals surface area (Å²) in [4.78, 5) is 17.1. The fourth-order valence-corrected chi connectivity index (χ4v) is 3.62. The first-order valence-electron chi connectivity index (χ1n) is 9.99. The Kier molecular flexibility index (Phi) is 4.69. The second kappa shape index (κ2) is 7.80. The minimum Gasteiger partial charge on any atom is -0.399 e. The second-order valence-electron chi connectivity index (χ2n) is 7.30. The average Bonchev–Trinajstić information content (AvgIpc) is 2.80. The Bertz CT molecular complexity index is 1400. The van der Waals surface area contributed by atoms with Crippen molar-refractivity contribution in [2.45, 2.75) is 0 Å². The van der Waals surface area contributed by atoms with Gasteiger partial charge in [-0.05, 0) is 60.7 Å². The van der Waals surface area contributed by atoms with E-state index in [-0.39, 0.29) is 5.91 Å². The standard InChI is InChI=1S/C26H20N4O/c27-18-10-15-22-24(16-18)30-23-9-5-4-8-21(23)25(22)28-19-11-13-20(14-12-19)29-26(31)17-6-2-1-3-7-17/h1-16H,27H2,(H,28,30)(H,29,31). The number of fused-ring (bicyclic) bond motifs is 2. The molecule has 0 radical (unpaired) electrons. The third-order valence-corrected chi connectivity index (χ3v) is 5.15. The van der Waals surface area contributed by atoms with Crippen LogP contribution in [-0.4, -0.2) is 10.9 Å². The van der Waals surface area contributed by atoms with Crippen molar-refractivity contribution in [3.63, 3.8) is 0 Å². The molecule has 0 fully saturated rings. The fourth-order valence-electron chi connectivity index (χ4n) is 3.62. The number of nitrogens with two attached hydrogens (primary N) is 1. The van der Waals surface area contributed by atoms with Crippen LogP contribution < -0.4 is 16.4 Å². The highest BCUT2D eigenvalue weighted by Gasteiger charge is 2.10. The van der Waals surface area contributed by atoms with Gasteiger partial charge in [0.2, 0.25) is 0 Å². The van der Waals surface area contributed by atoms with Crippen LogP contribution in [0.4, 0.5) is 22.7 Å². The van der Waals surface area contributed by atoms with Crippen molar-refractivity contribution in [3.05, 3.63) is 103 Å². The van der Waals surface area contributed by atoms with Gasteiger partial charge in [-0.25, -0.2) is 4.98 Å². The SMILES string of the molecule is Nc1ccc2c(Nc3ccc(NC(=O)c4ccccc4)cc3)c3ccccc3nc2c1. The summed E-state index contributed by atoms with van der Waals surface area (Å²) in [7, 11) is 0. The molecule has 0 atom stereocenters. The summed E-state index contributed by atoms with van der Waals surface area (Å²) in [5.74, 6) is -0.134. The van der Waals surface area contributed by atoms with E-state index in [1.54, 1.807) is 12.1 Å². The van der Waals surface area contributed by atoms with E-state index in [2.05, 4.69) is 16.7 Å². The molecule has 1 aromatic heterocycles. The second-order valence-corrected chi connectivity index (χ2v) is 7.30. The number of nitrogens with zero attached hydrogens (tertiary/aromatic N) is 1. The number of anilines is 4. The zero-order chi connectivity index (χ0) is 21.2. The van der Waals surface area contributed by atoms with E-state index in [1.165, 1.54) is 0 Å². The maximum atomic E-state index is 12.4. The number of rotatable bonds is 4. The minimum atomic E-state index is -0.134. The van der Waals surface area contributed by atoms with Gasteiger partial charge in [-0.1, -0.05) is 36.4 Å². The summed E-state index contributed by atoms with van der Waals surface area (Å²) in [5, 5.41) is 8.48. The van der Waals surface area contributed by atoms with Gasteiger partial charge in [-0.2, -0.15) is 0 Å². The predicted octanol–water partition coefficient (Wildman–Crippen LogP) is 5.97. The molecule has 0 bridgehead atoms. The Balaban J connectivity index is 1.46. The summed E-state index contributed by atoms with van der Waals surface area (Å²) in [6.07, 6.45) is 0. The summed E-state index contributed by atoms with van der Waals surface area (Å²) in [6, 6.07) is 30.6. The monoisotopic (exact) mass is 404 g/mol. The lowest BCUT2D eigenvalue weighted by Crippen LogP contribution is -2.11. The highest BCUT2D eigenvalue weighted by molar-refractivity contribution is 6.09. The van der Waals surface area contributed by atoms with Gasteiger partial charge < -0.3 is 16.4 Å².